The van der Waals surface area contributed by atoms with E-state index in [1.165, 1.54) is 13.0 Å². The molecule has 104 valence electrons. The highest BCUT2D eigenvalue weighted by molar-refractivity contribution is 5.99. The van der Waals surface area contributed by atoms with Crippen molar-refractivity contribution in [3.05, 3.63) is 34.9 Å². The molecule has 4 atom stereocenters. The van der Waals surface area contributed by atoms with Crippen LogP contribution in [0.5, 0.6) is 0 Å². The highest BCUT2D eigenvalue weighted by Gasteiger charge is 2.43. The molecule has 0 saturated carbocycles. The lowest BCUT2D eigenvalue weighted by Gasteiger charge is -2.18. The summed E-state index contributed by atoms with van der Waals surface area (Å²) in [6.07, 6.45) is -0.406. The van der Waals surface area contributed by atoms with Gasteiger partial charge in [-0.15, -0.1) is 0 Å². The summed E-state index contributed by atoms with van der Waals surface area (Å²) < 4.78 is 33.4. The quantitative estimate of drug-likeness (QED) is 0.767. The first kappa shape index (κ1) is 14.1. The van der Waals surface area contributed by atoms with Crippen molar-refractivity contribution in [3.63, 3.8) is 0 Å². The van der Waals surface area contributed by atoms with Crippen molar-refractivity contribution in [1.82, 2.24) is 0 Å². The first-order valence-electron chi connectivity index (χ1n) is 6.48. The van der Waals surface area contributed by atoms with Crippen molar-refractivity contribution < 1.29 is 18.3 Å². The predicted octanol–water partition coefficient (Wildman–Crippen LogP) is 3.52. The number of carbonyl (C=O) groups excluding carboxylic acids is 1. The highest BCUT2D eigenvalue weighted by atomic mass is 19.1. The van der Waals surface area contributed by atoms with E-state index in [1.54, 1.807) is 6.92 Å². The number of ether oxygens (including phenoxy) is 1. The van der Waals surface area contributed by atoms with Crippen molar-refractivity contribution in [2.75, 3.05) is 0 Å². The van der Waals surface area contributed by atoms with Gasteiger partial charge in [-0.25, -0.2) is 8.78 Å². The van der Waals surface area contributed by atoms with Gasteiger partial charge < -0.3 is 4.74 Å². The van der Waals surface area contributed by atoms with Crippen LogP contribution >= 0.6 is 0 Å². The molecule has 1 fully saturated rings. The van der Waals surface area contributed by atoms with Crippen LogP contribution < -0.4 is 0 Å². The van der Waals surface area contributed by atoms with Crippen molar-refractivity contribution in [3.8, 4) is 0 Å². The number of benzene rings is 1. The summed E-state index contributed by atoms with van der Waals surface area (Å²) in [7, 11) is 0. The number of rotatable bonds is 2. The van der Waals surface area contributed by atoms with Gasteiger partial charge in [0.15, 0.2) is 5.78 Å². The molecule has 1 aliphatic heterocycles. The third kappa shape index (κ3) is 2.29. The van der Waals surface area contributed by atoms with Crippen LogP contribution in [0.1, 0.15) is 36.7 Å². The lowest BCUT2D eigenvalue weighted by atomic mass is 9.83. The van der Waals surface area contributed by atoms with E-state index in [9.17, 15) is 13.6 Å². The smallest absolute Gasteiger partial charge is 0.174 e. The van der Waals surface area contributed by atoms with Gasteiger partial charge in [-0.3, -0.25) is 4.79 Å². The Bertz CT molecular complexity index is 513. The molecule has 1 aromatic carbocycles. The molecular weight excluding hydrogens is 250 g/mol. The average molecular weight is 268 g/mol. The van der Waals surface area contributed by atoms with Crippen molar-refractivity contribution in [2.45, 2.75) is 39.9 Å². The Morgan fingerprint density at radius 1 is 1.16 bits per heavy atom. The molecule has 0 radical (unpaired) electrons. The largest absolute Gasteiger partial charge is 0.374 e. The third-order valence-electron chi connectivity index (χ3n) is 4.08. The van der Waals surface area contributed by atoms with Gasteiger partial charge >= 0.3 is 0 Å². The number of aryl methyl sites for hydroxylation is 1. The zero-order valence-electron chi connectivity index (χ0n) is 11.5. The van der Waals surface area contributed by atoms with Crippen molar-refractivity contribution in [1.29, 1.82) is 0 Å². The van der Waals surface area contributed by atoms with E-state index >= 15 is 0 Å². The molecule has 0 bridgehead atoms. The van der Waals surface area contributed by atoms with Gasteiger partial charge in [0, 0.05) is 0 Å². The second kappa shape index (κ2) is 5.00. The van der Waals surface area contributed by atoms with Gasteiger partial charge in [0.1, 0.15) is 11.6 Å². The Balaban J connectivity index is 2.43. The number of hydrogen-bond acceptors (Lipinski definition) is 2. The molecule has 1 aliphatic rings. The number of halogens is 2. The minimum atomic E-state index is -0.799. The molecule has 1 heterocycles. The van der Waals surface area contributed by atoms with Crippen molar-refractivity contribution in [2.24, 2.45) is 11.8 Å². The maximum Gasteiger partial charge on any atom is 0.174 e. The Kier molecular flexibility index (Phi) is 3.72. The highest BCUT2D eigenvalue weighted by Crippen LogP contribution is 2.35. The number of carbonyl (C=O) groups is 1. The summed E-state index contributed by atoms with van der Waals surface area (Å²) in [4.78, 5) is 12.4. The molecule has 4 heteroatoms. The molecule has 2 rings (SSSR count). The van der Waals surface area contributed by atoms with E-state index < -0.39 is 28.9 Å². The normalized spacial score (nSPS) is 30.6. The summed E-state index contributed by atoms with van der Waals surface area (Å²) >= 11 is 0. The molecular formula is C15H18F2O2. The molecule has 19 heavy (non-hydrogen) atoms. The minimum absolute atomic E-state index is 0.0539. The SMILES string of the molecule is Cc1ccc(F)c(C(=O)C2C(C)OC(C)C2C)c1F. The maximum absolute atomic E-state index is 14.0. The standard InChI is InChI=1S/C15H18F2O2/c1-7-5-6-11(16)13(14(7)17)15(18)12-8(2)9(3)19-10(12)4/h5-6,8-10,12H,1-4H3. The summed E-state index contributed by atoms with van der Waals surface area (Å²) in [5.41, 5.74) is -0.154. The molecule has 2 nitrogen and oxygen atoms in total. The van der Waals surface area contributed by atoms with Crippen LogP contribution in [-0.2, 0) is 4.74 Å². The fraction of sp³-hybridized carbons (Fsp3) is 0.533. The van der Waals surface area contributed by atoms with Crippen LogP contribution in [0.15, 0.2) is 12.1 Å². The number of hydrogen-bond donors (Lipinski definition) is 0. The lowest BCUT2D eigenvalue weighted by molar-refractivity contribution is 0.0489. The van der Waals surface area contributed by atoms with Crippen LogP contribution in [0.25, 0.3) is 0 Å². The van der Waals surface area contributed by atoms with Gasteiger partial charge in [0.05, 0.1) is 23.7 Å². The Labute approximate surface area is 111 Å². The second-order valence-electron chi connectivity index (χ2n) is 5.35. The van der Waals surface area contributed by atoms with Gasteiger partial charge in [-0.05, 0) is 38.3 Å². The van der Waals surface area contributed by atoms with Crippen LogP contribution in [0, 0.1) is 30.4 Å². The number of Topliss-reactive ketones (excluding diaryl/α,β-unsaturated/α-hetero) is 1. The van der Waals surface area contributed by atoms with Crippen molar-refractivity contribution >= 4 is 5.78 Å². The molecule has 0 amide bonds. The minimum Gasteiger partial charge on any atom is -0.374 e. The van der Waals surface area contributed by atoms with Gasteiger partial charge in [0.2, 0.25) is 0 Å². The summed E-state index contributed by atoms with van der Waals surface area (Å²) in [6.45, 7) is 7.04. The molecule has 4 unspecified atom stereocenters. The van der Waals surface area contributed by atoms with Crippen LogP contribution in [-0.4, -0.2) is 18.0 Å². The fourth-order valence-electron chi connectivity index (χ4n) is 2.77. The third-order valence-corrected chi connectivity index (χ3v) is 4.08. The van der Waals surface area contributed by atoms with E-state index in [0.29, 0.717) is 0 Å². The Morgan fingerprint density at radius 2 is 1.79 bits per heavy atom. The summed E-state index contributed by atoms with van der Waals surface area (Å²) in [5.74, 6) is -2.61. The summed E-state index contributed by atoms with van der Waals surface area (Å²) in [5, 5.41) is 0. The van der Waals surface area contributed by atoms with E-state index in [2.05, 4.69) is 0 Å². The van der Waals surface area contributed by atoms with E-state index in [0.717, 1.165) is 6.07 Å². The van der Waals surface area contributed by atoms with Gasteiger partial charge in [-0.2, -0.15) is 0 Å². The van der Waals surface area contributed by atoms with E-state index in [1.807, 2.05) is 13.8 Å². The zero-order valence-corrected chi connectivity index (χ0v) is 11.5. The average Bonchev–Trinajstić information content (AvgIpc) is 2.58. The van der Waals surface area contributed by atoms with E-state index in [4.69, 9.17) is 4.74 Å². The first-order valence-corrected chi connectivity index (χ1v) is 6.48. The van der Waals surface area contributed by atoms with Gasteiger partial charge in [-0.1, -0.05) is 13.0 Å². The van der Waals surface area contributed by atoms with Crippen LogP contribution in [0.3, 0.4) is 0 Å². The second-order valence-corrected chi connectivity index (χ2v) is 5.35. The first-order chi connectivity index (χ1) is 8.84. The monoisotopic (exact) mass is 268 g/mol. The zero-order chi connectivity index (χ0) is 14.3. The Hall–Kier alpha value is -1.29. The molecule has 1 aromatic rings. The number of ketones is 1. The van der Waals surface area contributed by atoms with Crippen LogP contribution in [0.4, 0.5) is 8.78 Å². The molecule has 0 aromatic heterocycles. The topological polar surface area (TPSA) is 26.3 Å². The molecule has 0 spiro atoms. The Morgan fingerprint density at radius 3 is 2.32 bits per heavy atom. The van der Waals surface area contributed by atoms with E-state index in [-0.39, 0.29) is 23.7 Å². The lowest BCUT2D eigenvalue weighted by Crippen LogP contribution is -2.28. The van der Waals surface area contributed by atoms with Gasteiger partial charge in [0.25, 0.3) is 0 Å². The maximum atomic E-state index is 14.0. The predicted molar refractivity (Wildman–Crippen MR) is 68.1 cm³/mol. The summed E-state index contributed by atoms with van der Waals surface area (Å²) in [6, 6.07) is 2.47. The molecule has 1 saturated heterocycles. The molecule has 0 aliphatic carbocycles. The van der Waals surface area contributed by atoms with Crippen LogP contribution in [0.2, 0.25) is 0 Å². The molecule has 0 N–H and O–H groups in total. The fourth-order valence-corrected chi connectivity index (χ4v) is 2.77.